The van der Waals surface area contributed by atoms with Crippen LogP contribution in [0.2, 0.25) is 0 Å². The minimum Gasteiger partial charge on any atom is -0.445 e. The molecule has 0 saturated carbocycles. The number of likely N-dealkylation sites (N-methyl/N-ethyl adjacent to an activating group) is 1. The largest absolute Gasteiger partial charge is 0.445 e. The summed E-state index contributed by atoms with van der Waals surface area (Å²) in [7, 11) is 0. The number of hydrogen-bond donors (Lipinski definition) is 1. The van der Waals surface area contributed by atoms with E-state index >= 15 is 0 Å². The molecule has 0 aliphatic rings. The number of amides is 2. The highest BCUT2D eigenvalue weighted by Crippen LogP contribution is 2.08. The summed E-state index contributed by atoms with van der Waals surface area (Å²) in [5.74, 6) is -0.0750. The lowest BCUT2D eigenvalue weighted by molar-refractivity contribution is -0.134. The summed E-state index contributed by atoms with van der Waals surface area (Å²) in [6.07, 6.45) is -0.567. The van der Waals surface area contributed by atoms with Crippen molar-refractivity contribution in [1.29, 1.82) is 0 Å². The third kappa shape index (κ3) is 5.39. The highest BCUT2D eigenvalue weighted by Gasteiger charge is 2.27. The second-order valence-electron chi connectivity index (χ2n) is 5.44. The molecule has 2 amide bonds. The molecule has 0 fully saturated rings. The van der Waals surface area contributed by atoms with Gasteiger partial charge in [-0.15, -0.1) is 0 Å². The summed E-state index contributed by atoms with van der Waals surface area (Å²) in [4.78, 5) is 26.1. The van der Waals surface area contributed by atoms with Gasteiger partial charge in [0, 0.05) is 13.1 Å². The van der Waals surface area contributed by atoms with Gasteiger partial charge in [-0.1, -0.05) is 44.2 Å². The first-order valence-corrected chi connectivity index (χ1v) is 7.75. The Balaban J connectivity index is 2.59. The number of carbonyl (C=O) groups is 2. The van der Waals surface area contributed by atoms with Crippen molar-refractivity contribution in [3.05, 3.63) is 35.9 Å². The number of rotatable bonds is 7. The predicted molar refractivity (Wildman–Crippen MR) is 86.3 cm³/mol. The van der Waals surface area contributed by atoms with Crippen molar-refractivity contribution in [1.82, 2.24) is 10.2 Å². The molecule has 0 heterocycles. The molecular formula is C17H26N2O3. The highest BCUT2D eigenvalue weighted by molar-refractivity contribution is 5.85. The van der Waals surface area contributed by atoms with Crippen LogP contribution >= 0.6 is 0 Å². The molecular weight excluding hydrogens is 280 g/mol. The quantitative estimate of drug-likeness (QED) is 0.842. The van der Waals surface area contributed by atoms with E-state index in [4.69, 9.17) is 4.74 Å². The number of ether oxygens (including phenoxy) is 1. The van der Waals surface area contributed by atoms with Crippen molar-refractivity contribution in [2.45, 2.75) is 40.3 Å². The Bertz CT molecular complexity index is 470. The van der Waals surface area contributed by atoms with E-state index in [0.29, 0.717) is 13.1 Å². The van der Waals surface area contributed by atoms with Gasteiger partial charge < -0.3 is 15.0 Å². The second kappa shape index (κ2) is 9.07. The van der Waals surface area contributed by atoms with Crippen molar-refractivity contribution < 1.29 is 14.3 Å². The van der Waals surface area contributed by atoms with E-state index in [2.05, 4.69) is 5.32 Å². The fourth-order valence-corrected chi connectivity index (χ4v) is 2.14. The molecule has 0 spiro atoms. The van der Waals surface area contributed by atoms with Crippen LogP contribution in [-0.2, 0) is 16.1 Å². The third-order valence-electron chi connectivity index (χ3n) is 3.49. The van der Waals surface area contributed by atoms with Gasteiger partial charge in [-0.2, -0.15) is 0 Å². The van der Waals surface area contributed by atoms with E-state index in [1.54, 1.807) is 4.90 Å². The first kappa shape index (κ1) is 18.0. The monoisotopic (exact) mass is 306 g/mol. The van der Waals surface area contributed by atoms with Crippen LogP contribution in [0.1, 0.15) is 33.3 Å². The first-order valence-electron chi connectivity index (χ1n) is 7.75. The maximum atomic E-state index is 12.4. The number of nitrogens with zero attached hydrogens (tertiary/aromatic N) is 1. The smallest absolute Gasteiger partial charge is 0.408 e. The maximum Gasteiger partial charge on any atom is 0.408 e. The lowest BCUT2D eigenvalue weighted by atomic mass is 10.0. The van der Waals surface area contributed by atoms with Gasteiger partial charge in [-0.25, -0.2) is 4.79 Å². The number of alkyl carbamates (subject to hydrolysis) is 1. The molecule has 5 nitrogen and oxygen atoms in total. The lowest BCUT2D eigenvalue weighted by Gasteiger charge is -2.27. The van der Waals surface area contributed by atoms with Crippen molar-refractivity contribution in [2.24, 2.45) is 5.92 Å². The van der Waals surface area contributed by atoms with E-state index < -0.39 is 12.1 Å². The molecule has 1 aromatic carbocycles. The van der Waals surface area contributed by atoms with Gasteiger partial charge in [0.1, 0.15) is 12.6 Å². The van der Waals surface area contributed by atoms with Crippen LogP contribution < -0.4 is 5.32 Å². The van der Waals surface area contributed by atoms with Crippen molar-refractivity contribution in [3.63, 3.8) is 0 Å². The normalized spacial score (nSPS) is 11.9. The third-order valence-corrected chi connectivity index (χ3v) is 3.49. The zero-order chi connectivity index (χ0) is 16.5. The van der Waals surface area contributed by atoms with Crippen molar-refractivity contribution in [2.75, 3.05) is 13.1 Å². The standard InChI is InChI=1S/C17H26N2O3/c1-5-19(6-2)16(20)15(13(3)4)18-17(21)22-12-14-10-8-7-9-11-14/h7-11,13,15H,5-6,12H2,1-4H3,(H,18,21)/t15-/m0/s1. The second-order valence-corrected chi connectivity index (χ2v) is 5.44. The van der Waals surface area contributed by atoms with E-state index in [1.165, 1.54) is 0 Å². The SMILES string of the molecule is CCN(CC)C(=O)[C@@H](NC(=O)OCc1ccccc1)C(C)C. The van der Waals surface area contributed by atoms with Crippen molar-refractivity contribution in [3.8, 4) is 0 Å². The number of carbonyl (C=O) groups excluding carboxylic acids is 2. The summed E-state index contributed by atoms with van der Waals surface area (Å²) >= 11 is 0. The van der Waals surface area contributed by atoms with Crippen LogP contribution in [0.4, 0.5) is 4.79 Å². The van der Waals surface area contributed by atoms with Crippen LogP contribution in [0.15, 0.2) is 30.3 Å². The molecule has 5 heteroatoms. The van der Waals surface area contributed by atoms with Gasteiger partial charge in [0.15, 0.2) is 0 Å². The summed E-state index contributed by atoms with van der Waals surface area (Å²) in [6, 6.07) is 8.88. The summed E-state index contributed by atoms with van der Waals surface area (Å²) in [5, 5.41) is 2.68. The average molecular weight is 306 g/mol. The Labute approximate surface area is 132 Å². The van der Waals surface area contributed by atoms with Crippen LogP contribution in [0.25, 0.3) is 0 Å². The number of benzene rings is 1. The zero-order valence-corrected chi connectivity index (χ0v) is 13.8. The minimum atomic E-state index is -0.567. The van der Waals surface area contributed by atoms with E-state index in [9.17, 15) is 9.59 Å². The molecule has 1 atom stereocenters. The van der Waals surface area contributed by atoms with Crippen LogP contribution in [0.3, 0.4) is 0 Å². The van der Waals surface area contributed by atoms with Crippen LogP contribution in [-0.4, -0.2) is 36.0 Å². The molecule has 122 valence electrons. The van der Waals surface area contributed by atoms with Crippen molar-refractivity contribution >= 4 is 12.0 Å². The average Bonchev–Trinajstić information content (AvgIpc) is 2.52. The van der Waals surface area contributed by atoms with Gasteiger partial charge in [-0.3, -0.25) is 4.79 Å². The van der Waals surface area contributed by atoms with Gasteiger partial charge in [0.05, 0.1) is 0 Å². The minimum absolute atomic E-state index is 0.00243. The lowest BCUT2D eigenvalue weighted by Crippen LogP contribution is -2.51. The Morgan fingerprint density at radius 2 is 1.73 bits per heavy atom. The fourth-order valence-electron chi connectivity index (χ4n) is 2.14. The molecule has 0 aliphatic carbocycles. The molecule has 1 rings (SSSR count). The molecule has 0 bridgehead atoms. The number of nitrogens with one attached hydrogen (secondary N) is 1. The Morgan fingerprint density at radius 1 is 1.14 bits per heavy atom. The molecule has 22 heavy (non-hydrogen) atoms. The Morgan fingerprint density at radius 3 is 2.23 bits per heavy atom. The number of hydrogen-bond acceptors (Lipinski definition) is 3. The molecule has 0 unspecified atom stereocenters. The molecule has 0 saturated heterocycles. The first-order chi connectivity index (χ1) is 10.5. The van der Waals surface area contributed by atoms with Crippen LogP contribution in [0, 0.1) is 5.92 Å². The molecule has 0 radical (unpaired) electrons. The van der Waals surface area contributed by atoms with Gasteiger partial charge in [0.2, 0.25) is 5.91 Å². The summed E-state index contributed by atoms with van der Waals surface area (Å²) in [5.41, 5.74) is 0.911. The molecule has 0 aliphatic heterocycles. The van der Waals surface area contributed by atoms with Gasteiger partial charge >= 0.3 is 6.09 Å². The van der Waals surface area contributed by atoms with E-state index in [0.717, 1.165) is 5.56 Å². The highest BCUT2D eigenvalue weighted by atomic mass is 16.5. The predicted octanol–water partition coefficient (Wildman–Crippen LogP) is 2.81. The maximum absolute atomic E-state index is 12.4. The molecule has 0 aromatic heterocycles. The molecule has 1 aromatic rings. The summed E-state index contributed by atoms with van der Waals surface area (Å²) in [6.45, 7) is 9.10. The Hall–Kier alpha value is -2.04. The molecule has 1 N–H and O–H groups in total. The summed E-state index contributed by atoms with van der Waals surface area (Å²) < 4.78 is 5.19. The van der Waals surface area contributed by atoms with Crippen LogP contribution in [0.5, 0.6) is 0 Å². The topological polar surface area (TPSA) is 58.6 Å². The fraction of sp³-hybridized carbons (Fsp3) is 0.529. The van der Waals surface area contributed by atoms with E-state index in [-0.39, 0.29) is 18.4 Å². The van der Waals surface area contributed by atoms with E-state index in [1.807, 2.05) is 58.0 Å². The van der Waals surface area contributed by atoms with Gasteiger partial charge in [0.25, 0.3) is 0 Å². The Kier molecular flexibility index (Phi) is 7.43. The zero-order valence-electron chi connectivity index (χ0n) is 13.8. The van der Waals surface area contributed by atoms with Gasteiger partial charge in [-0.05, 0) is 25.3 Å².